The molecule has 27 heteroatoms. The molecule has 3 aliphatic heterocycles. The van der Waals surface area contributed by atoms with E-state index < -0.39 is 0 Å². The average Bonchev–Trinajstić information content (AvgIpc) is 2.69. The number of carbonyl (C=O) groups excluding carboxylic acids is 3. The van der Waals surface area contributed by atoms with Gasteiger partial charge in [0.25, 0.3) is 0 Å². The fraction of sp³-hybridized carbons (Fsp3) is 0.373. The van der Waals surface area contributed by atoms with Crippen LogP contribution < -0.4 is 40.1 Å². The molecule has 3 aromatic carbocycles. The predicted molar refractivity (Wildman–Crippen MR) is 358 cm³/mol. The zero-order valence-electron chi connectivity index (χ0n) is 52.1. The number of anilines is 9. The molecule has 0 radical (unpaired) electrons. The van der Waals surface area contributed by atoms with E-state index >= 15 is 0 Å². The van der Waals surface area contributed by atoms with E-state index in [-0.39, 0.29) is 31.0 Å². The number of hydrogen-bond acceptors (Lipinski definition) is 24. The topological polar surface area (TPSA) is 307 Å². The van der Waals surface area contributed by atoms with Crippen LogP contribution in [0.4, 0.5) is 52.4 Å². The van der Waals surface area contributed by atoms with Gasteiger partial charge in [-0.1, -0.05) is 43.8 Å². The Hall–Kier alpha value is -9.83. The van der Waals surface area contributed by atoms with Crippen LogP contribution in [-0.2, 0) is 47.9 Å². The largest absolute Gasteiger partial charge is 0.424 e. The molecule has 5 aliphatic rings. The molecule has 9 heterocycles. The van der Waals surface area contributed by atoms with E-state index in [1.807, 2.05) is 116 Å². The van der Waals surface area contributed by atoms with Crippen molar-refractivity contribution < 1.29 is 38.1 Å². The van der Waals surface area contributed by atoms with Gasteiger partial charge in [0.05, 0.1) is 45.8 Å². The van der Waals surface area contributed by atoms with Crippen molar-refractivity contribution in [3.05, 3.63) is 143 Å². The van der Waals surface area contributed by atoms with Crippen molar-refractivity contribution in [2.45, 2.75) is 89.1 Å². The van der Waals surface area contributed by atoms with Crippen molar-refractivity contribution in [3.63, 3.8) is 0 Å². The molecule has 490 valence electrons. The molecular formula is C67H78N18O8S. The Morgan fingerprint density at radius 1 is 0.521 bits per heavy atom. The summed E-state index contributed by atoms with van der Waals surface area (Å²) in [4.78, 5) is 69.9. The number of Topliss-reactive ketones (excluding diaryl/α,β-unsaturated/α-hetero) is 3. The Bertz CT molecular complexity index is 3940. The Labute approximate surface area is 549 Å². The minimum Gasteiger partial charge on any atom is -0.424 e. The number of H-pyrrole nitrogens is 3. The normalized spacial score (nSPS) is 15.3. The fourth-order valence-electron chi connectivity index (χ4n) is 10.3. The molecule has 6 aromatic heterocycles. The van der Waals surface area contributed by atoms with Gasteiger partial charge in [0.15, 0.2) is 16.8 Å². The van der Waals surface area contributed by atoms with Gasteiger partial charge in [-0.15, -0.1) is 0 Å². The summed E-state index contributed by atoms with van der Waals surface area (Å²) in [5, 5.41) is 31.8. The summed E-state index contributed by atoms with van der Waals surface area (Å²) in [6.45, 7) is 13.7. The van der Waals surface area contributed by atoms with Gasteiger partial charge in [-0.05, 0) is 111 Å². The monoisotopic (exact) mass is 1290 g/mol. The standard InChI is InChI=1S/C23H26N6O3.C23H26N6O2S.C20H22N6O3.CH4/c1-15(30)12-16-2-6-18(7-3-16)32-23-25-20(14-22(26-23)29-8-10-31-11-9-29)24-21-13-19(27-28-21)17-4-5-17;1-15-12-21(28-27-15)24-20-14-22(29-8-10-31-11-9-29)26-23(25-20)32-18-6-2-16(3-7-18)13-19(30)17-4-5-17;1-14(27)12-15-2-4-16(5-3-15)29-20-23-18(22-17-6-7-21-25-17)13-19(24-20)26-8-10-28-11-9-26;/h2-3,6-7,13-14,17H,4-5,8-12H2,1H3,(H2,24,25,26,27,28);2-3,6-7,12,14,17H,4-5,8-11,13H2,1H3,(H2,24,25,26,27,28);2-7,13H,8-12H2,1H3,(H2,21,22,23,24,25);1H4. The summed E-state index contributed by atoms with van der Waals surface area (Å²) in [5.41, 5.74) is 5.07. The maximum absolute atomic E-state index is 12.1. The maximum atomic E-state index is 12.1. The minimum atomic E-state index is 0. The van der Waals surface area contributed by atoms with Crippen LogP contribution in [0.3, 0.4) is 0 Å². The van der Waals surface area contributed by atoms with Crippen molar-refractivity contribution in [3.8, 4) is 23.5 Å². The van der Waals surface area contributed by atoms with E-state index in [0.29, 0.717) is 111 Å². The summed E-state index contributed by atoms with van der Waals surface area (Å²) < 4.78 is 28.3. The van der Waals surface area contributed by atoms with Gasteiger partial charge in [-0.2, -0.15) is 35.2 Å². The third kappa shape index (κ3) is 19.4. The first-order chi connectivity index (χ1) is 45.4. The number of nitrogens with zero attached hydrogens (tertiary/aromatic N) is 12. The molecule has 0 amide bonds. The van der Waals surface area contributed by atoms with E-state index in [2.05, 4.69) is 81.2 Å². The number of ether oxygens (including phenoxy) is 5. The fourth-order valence-corrected chi connectivity index (χ4v) is 11.1. The summed E-state index contributed by atoms with van der Waals surface area (Å²) in [7, 11) is 0. The van der Waals surface area contributed by atoms with E-state index in [1.54, 1.807) is 20.0 Å². The highest BCUT2D eigenvalue weighted by Crippen LogP contribution is 2.40. The highest BCUT2D eigenvalue weighted by atomic mass is 32.2. The lowest BCUT2D eigenvalue weighted by Gasteiger charge is -2.28. The molecule has 26 nitrogen and oxygen atoms in total. The molecule has 2 saturated carbocycles. The summed E-state index contributed by atoms with van der Waals surface area (Å²) >= 11 is 1.51. The zero-order chi connectivity index (χ0) is 63.9. The number of hydrogen-bond donors (Lipinski definition) is 6. The maximum Gasteiger partial charge on any atom is 0.325 e. The Morgan fingerprint density at radius 2 is 0.989 bits per heavy atom. The Morgan fingerprint density at radius 3 is 1.46 bits per heavy atom. The number of morpholine rings is 3. The van der Waals surface area contributed by atoms with Crippen LogP contribution >= 0.6 is 11.8 Å². The number of nitrogens with one attached hydrogen (secondary N) is 6. The number of benzene rings is 3. The second-order valence-corrected chi connectivity index (χ2v) is 24.2. The number of carbonyl (C=O) groups is 3. The molecule has 0 unspecified atom stereocenters. The second-order valence-electron chi connectivity index (χ2n) is 23.2. The van der Waals surface area contributed by atoms with Gasteiger partial charge < -0.3 is 54.3 Å². The van der Waals surface area contributed by atoms with Crippen molar-refractivity contribution in [1.29, 1.82) is 0 Å². The number of rotatable bonds is 23. The van der Waals surface area contributed by atoms with Crippen LogP contribution in [0.1, 0.15) is 81.0 Å². The van der Waals surface area contributed by atoms with Crippen molar-refractivity contribution in [1.82, 2.24) is 60.5 Å². The molecule has 0 atom stereocenters. The smallest absolute Gasteiger partial charge is 0.325 e. The lowest BCUT2D eigenvalue weighted by molar-refractivity contribution is -0.119. The van der Waals surface area contributed by atoms with Crippen LogP contribution in [0, 0.1) is 12.8 Å². The highest BCUT2D eigenvalue weighted by molar-refractivity contribution is 7.99. The molecule has 94 heavy (non-hydrogen) atoms. The summed E-state index contributed by atoms with van der Waals surface area (Å²) in [6.07, 6.45) is 7.52. The SMILES string of the molecule is C.CC(=O)Cc1ccc(Oc2nc(Nc3cc(C4CC4)[nH]n3)cc(N3CCOCC3)n2)cc1.CC(=O)Cc1ccc(Oc2nc(Nc3ccn[nH]3)cc(N3CCOCC3)n2)cc1.Cc1cc(Nc2cc(N3CCOCC3)nc(Sc3ccc(CC(=O)C4CC4)cc3)n2)n[nH]1. The molecule has 14 rings (SSSR count). The van der Waals surface area contributed by atoms with E-state index in [9.17, 15) is 14.4 Å². The molecule has 2 aliphatic carbocycles. The molecule has 0 spiro atoms. The number of aromatic nitrogens is 12. The van der Waals surface area contributed by atoms with Gasteiger partial charge >= 0.3 is 12.0 Å². The first-order valence-electron chi connectivity index (χ1n) is 31.3. The van der Waals surface area contributed by atoms with Crippen molar-refractivity contribution >= 4 is 81.5 Å². The third-order valence-electron chi connectivity index (χ3n) is 15.4. The Balaban J connectivity index is 0.000000143. The van der Waals surface area contributed by atoms with Gasteiger partial charge in [-0.25, -0.2) is 9.97 Å². The third-order valence-corrected chi connectivity index (χ3v) is 16.3. The first kappa shape index (κ1) is 65.7. The van der Waals surface area contributed by atoms with Gasteiger partial charge in [-0.3, -0.25) is 29.7 Å². The molecule has 5 fully saturated rings. The van der Waals surface area contributed by atoms with E-state index in [1.165, 1.54) is 24.6 Å². The second kappa shape index (κ2) is 31.7. The van der Waals surface area contributed by atoms with Crippen LogP contribution in [0.15, 0.2) is 125 Å². The van der Waals surface area contributed by atoms with Crippen LogP contribution in [0.25, 0.3) is 0 Å². The van der Waals surface area contributed by atoms with E-state index in [0.717, 1.165) is 120 Å². The molecule has 0 bridgehead atoms. The van der Waals surface area contributed by atoms with Crippen molar-refractivity contribution in [2.24, 2.45) is 5.92 Å². The number of ketones is 3. The van der Waals surface area contributed by atoms with E-state index in [4.69, 9.17) is 33.7 Å². The van der Waals surface area contributed by atoms with Gasteiger partial charge in [0.2, 0.25) is 0 Å². The highest BCUT2D eigenvalue weighted by Gasteiger charge is 2.29. The summed E-state index contributed by atoms with van der Waals surface area (Å²) in [5.74, 6) is 9.15. The molecule has 9 aromatic rings. The molecule has 6 N–H and O–H groups in total. The lowest BCUT2D eigenvalue weighted by atomic mass is 10.1. The quantitative estimate of drug-likeness (QED) is 0.0324. The van der Waals surface area contributed by atoms with Crippen molar-refractivity contribution in [2.75, 3.05) is 110 Å². The van der Waals surface area contributed by atoms with Crippen LogP contribution in [0.2, 0.25) is 0 Å². The lowest BCUT2D eigenvalue weighted by Crippen LogP contribution is -2.36. The number of aromatic amines is 3. The van der Waals surface area contributed by atoms with Crippen LogP contribution in [0.5, 0.6) is 23.5 Å². The average molecular weight is 1300 g/mol. The molecular weight excluding hydrogens is 1220 g/mol. The predicted octanol–water partition coefficient (Wildman–Crippen LogP) is 10.7. The van der Waals surface area contributed by atoms with Gasteiger partial charge in [0, 0.05) is 123 Å². The summed E-state index contributed by atoms with van der Waals surface area (Å²) in [6, 6.07) is 34.9. The minimum absolute atomic E-state index is 0. The zero-order valence-corrected chi connectivity index (χ0v) is 52.9. The Kier molecular flexibility index (Phi) is 22.1. The van der Waals surface area contributed by atoms with Gasteiger partial charge in [0.1, 0.15) is 69.6 Å². The number of aryl methyl sites for hydroxylation is 1. The van der Waals surface area contributed by atoms with Crippen LogP contribution in [-0.4, -0.2) is 157 Å². The first-order valence-corrected chi connectivity index (χ1v) is 32.1. The molecule has 3 saturated heterocycles.